The van der Waals surface area contributed by atoms with Gasteiger partial charge in [-0.2, -0.15) is 0 Å². The first-order valence-electron chi connectivity index (χ1n) is 5.90. The fraction of sp³-hybridized carbons (Fsp3) is 0.385. The van der Waals surface area contributed by atoms with Crippen LogP contribution >= 0.6 is 11.8 Å². The standard InChI is InChI=1S/C13H16N2O2S/c1-3-15-12(16)7-11(13(15)17)18-10-6-9(14)5-4-8(10)2/h4-6,11H,3,7,14H2,1-2H3. The van der Waals surface area contributed by atoms with E-state index in [4.69, 9.17) is 5.73 Å². The number of nitrogens with two attached hydrogens (primary N) is 1. The third-order valence-electron chi connectivity index (χ3n) is 3.00. The predicted octanol–water partition coefficient (Wildman–Crippen LogP) is 1.82. The summed E-state index contributed by atoms with van der Waals surface area (Å²) < 4.78 is 0. The summed E-state index contributed by atoms with van der Waals surface area (Å²) in [6.07, 6.45) is 0.283. The van der Waals surface area contributed by atoms with Crippen LogP contribution in [0.25, 0.3) is 0 Å². The summed E-state index contributed by atoms with van der Waals surface area (Å²) in [7, 11) is 0. The molecule has 1 aromatic rings. The number of imide groups is 1. The number of carbonyl (C=O) groups excluding carboxylic acids is 2. The zero-order valence-corrected chi connectivity index (χ0v) is 11.3. The first-order chi connectivity index (χ1) is 8.52. The Balaban J connectivity index is 2.18. The molecule has 1 unspecified atom stereocenters. The van der Waals surface area contributed by atoms with Gasteiger partial charge in [-0.05, 0) is 31.5 Å². The molecule has 0 radical (unpaired) electrons. The molecule has 1 heterocycles. The van der Waals surface area contributed by atoms with E-state index in [2.05, 4.69) is 0 Å². The largest absolute Gasteiger partial charge is 0.399 e. The zero-order chi connectivity index (χ0) is 13.3. The lowest BCUT2D eigenvalue weighted by molar-refractivity contribution is -0.137. The lowest BCUT2D eigenvalue weighted by atomic mass is 10.2. The van der Waals surface area contributed by atoms with Gasteiger partial charge in [0.15, 0.2) is 0 Å². The Morgan fingerprint density at radius 3 is 2.78 bits per heavy atom. The molecule has 2 amide bonds. The van der Waals surface area contributed by atoms with Crippen LogP contribution in [0.15, 0.2) is 23.1 Å². The van der Waals surface area contributed by atoms with E-state index in [0.29, 0.717) is 12.2 Å². The predicted molar refractivity (Wildman–Crippen MR) is 72.2 cm³/mol. The van der Waals surface area contributed by atoms with Crippen molar-refractivity contribution < 1.29 is 9.59 Å². The Labute approximate surface area is 111 Å². The number of nitrogens with zero attached hydrogens (tertiary/aromatic N) is 1. The van der Waals surface area contributed by atoms with Crippen LogP contribution < -0.4 is 5.73 Å². The molecule has 1 saturated heterocycles. The molecular formula is C13H16N2O2S. The number of thioether (sulfide) groups is 1. The van der Waals surface area contributed by atoms with Crippen LogP contribution in [0, 0.1) is 6.92 Å². The SMILES string of the molecule is CCN1C(=O)CC(Sc2cc(N)ccc2C)C1=O. The molecule has 5 heteroatoms. The molecule has 0 aromatic heterocycles. The lowest BCUT2D eigenvalue weighted by Crippen LogP contribution is -2.30. The van der Waals surface area contributed by atoms with Crippen LogP contribution in [0.1, 0.15) is 18.9 Å². The number of benzene rings is 1. The third kappa shape index (κ3) is 2.36. The van der Waals surface area contributed by atoms with Crippen molar-refractivity contribution in [3.05, 3.63) is 23.8 Å². The number of carbonyl (C=O) groups is 2. The Bertz CT molecular complexity index is 502. The van der Waals surface area contributed by atoms with E-state index in [-0.39, 0.29) is 23.5 Å². The van der Waals surface area contributed by atoms with Crippen molar-refractivity contribution >= 4 is 29.3 Å². The van der Waals surface area contributed by atoms with Crippen molar-refractivity contribution in [1.29, 1.82) is 0 Å². The average Bonchev–Trinajstić information content (AvgIpc) is 2.59. The quantitative estimate of drug-likeness (QED) is 0.668. The van der Waals surface area contributed by atoms with E-state index in [9.17, 15) is 9.59 Å². The molecule has 96 valence electrons. The topological polar surface area (TPSA) is 63.4 Å². The number of rotatable bonds is 3. The zero-order valence-electron chi connectivity index (χ0n) is 10.5. The molecule has 18 heavy (non-hydrogen) atoms. The summed E-state index contributed by atoms with van der Waals surface area (Å²) in [5.74, 6) is -0.170. The average molecular weight is 264 g/mol. The van der Waals surface area contributed by atoms with Crippen molar-refractivity contribution in [2.24, 2.45) is 0 Å². The molecule has 2 rings (SSSR count). The molecule has 4 nitrogen and oxygen atoms in total. The Kier molecular flexibility index (Phi) is 3.61. The van der Waals surface area contributed by atoms with Crippen molar-refractivity contribution in [2.45, 2.75) is 30.4 Å². The third-order valence-corrected chi connectivity index (χ3v) is 4.35. The maximum absolute atomic E-state index is 12.0. The maximum atomic E-state index is 12.0. The molecular weight excluding hydrogens is 248 g/mol. The van der Waals surface area contributed by atoms with Gasteiger partial charge in [-0.15, -0.1) is 11.8 Å². The molecule has 1 atom stereocenters. The second kappa shape index (κ2) is 5.02. The molecule has 0 bridgehead atoms. The van der Waals surface area contributed by atoms with Gasteiger partial charge in [-0.25, -0.2) is 0 Å². The van der Waals surface area contributed by atoms with Crippen LogP contribution in [-0.2, 0) is 9.59 Å². The first-order valence-corrected chi connectivity index (χ1v) is 6.78. The van der Waals surface area contributed by atoms with Crippen molar-refractivity contribution in [2.75, 3.05) is 12.3 Å². The van der Waals surface area contributed by atoms with Crippen molar-refractivity contribution in [3.8, 4) is 0 Å². The second-order valence-corrected chi connectivity index (χ2v) is 5.56. The number of nitrogen functional groups attached to an aromatic ring is 1. The number of anilines is 1. The highest BCUT2D eigenvalue weighted by molar-refractivity contribution is 8.00. The van der Waals surface area contributed by atoms with Gasteiger partial charge in [-0.3, -0.25) is 14.5 Å². The minimum Gasteiger partial charge on any atom is -0.399 e. The molecule has 1 aliphatic heterocycles. The van der Waals surface area contributed by atoms with E-state index >= 15 is 0 Å². The molecule has 0 spiro atoms. The number of hydrogen-bond donors (Lipinski definition) is 1. The van der Waals surface area contributed by atoms with Crippen LogP contribution in [0.5, 0.6) is 0 Å². The summed E-state index contributed by atoms with van der Waals surface area (Å²) in [5.41, 5.74) is 7.49. The van der Waals surface area contributed by atoms with Gasteiger partial charge < -0.3 is 5.73 Å². The lowest BCUT2D eigenvalue weighted by Gasteiger charge is -2.13. The van der Waals surface area contributed by atoms with E-state index in [1.165, 1.54) is 16.7 Å². The number of amides is 2. The number of likely N-dealkylation sites (tertiary alicyclic amines) is 1. The summed E-state index contributed by atoms with van der Waals surface area (Å²) in [6.45, 7) is 4.24. The van der Waals surface area contributed by atoms with Crippen LogP contribution in [0.3, 0.4) is 0 Å². The van der Waals surface area contributed by atoms with Crippen LogP contribution in [0.4, 0.5) is 5.69 Å². The summed E-state index contributed by atoms with van der Waals surface area (Å²) >= 11 is 1.43. The smallest absolute Gasteiger partial charge is 0.243 e. The Hall–Kier alpha value is -1.49. The van der Waals surface area contributed by atoms with E-state index < -0.39 is 0 Å². The van der Waals surface area contributed by atoms with Crippen LogP contribution in [-0.4, -0.2) is 28.5 Å². The molecule has 0 saturated carbocycles. The minimum absolute atomic E-state index is 0.0819. The summed E-state index contributed by atoms with van der Waals surface area (Å²) in [5, 5.41) is -0.307. The molecule has 0 aliphatic carbocycles. The summed E-state index contributed by atoms with van der Waals surface area (Å²) in [6, 6.07) is 5.61. The maximum Gasteiger partial charge on any atom is 0.243 e. The van der Waals surface area contributed by atoms with Gasteiger partial charge in [0.2, 0.25) is 11.8 Å². The highest BCUT2D eigenvalue weighted by Crippen LogP contribution is 2.34. The van der Waals surface area contributed by atoms with E-state index in [0.717, 1.165) is 10.5 Å². The number of hydrogen-bond acceptors (Lipinski definition) is 4. The van der Waals surface area contributed by atoms with Gasteiger partial charge in [0.05, 0.1) is 5.25 Å². The minimum atomic E-state index is -0.307. The summed E-state index contributed by atoms with van der Waals surface area (Å²) in [4.78, 5) is 25.9. The number of aryl methyl sites for hydroxylation is 1. The monoisotopic (exact) mass is 264 g/mol. The Morgan fingerprint density at radius 1 is 1.44 bits per heavy atom. The highest BCUT2D eigenvalue weighted by Gasteiger charge is 2.38. The van der Waals surface area contributed by atoms with Gasteiger partial charge in [0, 0.05) is 23.5 Å². The van der Waals surface area contributed by atoms with Crippen LogP contribution in [0.2, 0.25) is 0 Å². The Morgan fingerprint density at radius 2 is 2.17 bits per heavy atom. The molecule has 2 N–H and O–H groups in total. The first kappa shape index (κ1) is 13.0. The second-order valence-electron chi connectivity index (χ2n) is 4.31. The van der Waals surface area contributed by atoms with E-state index in [1.54, 1.807) is 0 Å². The van der Waals surface area contributed by atoms with Gasteiger partial charge >= 0.3 is 0 Å². The van der Waals surface area contributed by atoms with Gasteiger partial charge in [-0.1, -0.05) is 6.07 Å². The van der Waals surface area contributed by atoms with Crippen molar-refractivity contribution in [1.82, 2.24) is 4.90 Å². The fourth-order valence-corrected chi connectivity index (χ4v) is 3.19. The van der Waals surface area contributed by atoms with Gasteiger partial charge in [0.25, 0.3) is 0 Å². The normalized spacial score (nSPS) is 19.7. The fourth-order valence-electron chi connectivity index (χ4n) is 1.97. The highest BCUT2D eigenvalue weighted by atomic mass is 32.2. The molecule has 1 aliphatic rings. The van der Waals surface area contributed by atoms with Crippen molar-refractivity contribution in [3.63, 3.8) is 0 Å². The van der Waals surface area contributed by atoms with Gasteiger partial charge in [0.1, 0.15) is 0 Å². The van der Waals surface area contributed by atoms with E-state index in [1.807, 2.05) is 32.0 Å². The molecule has 1 fully saturated rings. The molecule has 1 aromatic carbocycles.